The van der Waals surface area contributed by atoms with Gasteiger partial charge in [-0.25, -0.2) is 14.8 Å². The summed E-state index contributed by atoms with van der Waals surface area (Å²) in [5, 5.41) is 110. The number of amides is 3. The molecule has 0 bridgehead atoms. The van der Waals surface area contributed by atoms with E-state index in [4.69, 9.17) is 5.73 Å². The van der Waals surface area contributed by atoms with E-state index in [1.165, 1.54) is 30.5 Å². The average Bonchev–Trinajstić information content (AvgIpc) is 3.30. The fourth-order valence-corrected chi connectivity index (χ4v) is 6.46. The Balaban J connectivity index is 1.74. The van der Waals surface area contributed by atoms with Crippen molar-refractivity contribution >= 4 is 64.0 Å². The fourth-order valence-electron chi connectivity index (χ4n) is 6.46. The van der Waals surface area contributed by atoms with E-state index in [1.54, 1.807) is 6.92 Å². The van der Waals surface area contributed by atoms with Gasteiger partial charge in [-0.2, -0.15) is 4.98 Å². The Kier molecular flexibility index (Phi) is 21.2. The van der Waals surface area contributed by atoms with Crippen LogP contribution in [0.25, 0.3) is 11.2 Å². The number of hydrogen-bond acceptors (Lipinski definition) is 21. The maximum absolute atomic E-state index is 13.7. The van der Waals surface area contributed by atoms with Gasteiger partial charge in [0, 0.05) is 37.1 Å². The van der Waals surface area contributed by atoms with Crippen molar-refractivity contribution in [2.45, 2.75) is 101 Å². The largest absolute Gasteiger partial charge is 0.481 e. The van der Waals surface area contributed by atoms with E-state index in [2.05, 4.69) is 35.9 Å². The SMILES string of the molecule is CCCNC(=O)[C@@H](CC(=O)[C@H](CC(=O)O)NC(=O)[C@@H](CC(=O)CC[C@H](NC(=O)c1ccc(NCc2cnc3nc(N)[nH]c(=O)c3n2)cc1)C(=O)O)[C@@H](O)[C@H](O)[C@H](O)CO)[C@@H](O)[C@H](O)[C@H](O)CO. The van der Waals surface area contributed by atoms with Crippen LogP contribution >= 0.6 is 0 Å². The highest BCUT2D eigenvalue weighted by molar-refractivity contribution is 5.98. The monoisotopic (exact) mass is 949 g/mol. The number of anilines is 2. The van der Waals surface area contributed by atoms with Crippen molar-refractivity contribution in [2.24, 2.45) is 11.8 Å². The number of nitrogens with one attached hydrogen (secondary N) is 5. The lowest BCUT2D eigenvalue weighted by Crippen LogP contribution is -2.53. The smallest absolute Gasteiger partial charge is 0.326 e. The zero-order valence-electron chi connectivity index (χ0n) is 35.9. The second-order valence-electron chi connectivity index (χ2n) is 15.4. The van der Waals surface area contributed by atoms with Gasteiger partial charge in [-0.15, -0.1) is 0 Å². The highest BCUT2D eigenvalue weighted by Crippen LogP contribution is 2.22. The van der Waals surface area contributed by atoms with E-state index in [0.29, 0.717) is 17.8 Å². The first kappa shape index (κ1) is 54.7. The molecule has 10 atom stereocenters. The third-order valence-electron chi connectivity index (χ3n) is 10.3. The Hall–Kier alpha value is -6.59. The number of fused-ring (bicyclic) bond motifs is 1. The summed E-state index contributed by atoms with van der Waals surface area (Å²) in [4.78, 5) is 117. The molecule has 67 heavy (non-hydrogen) atoms. The Labute approximate surface area is 379 Å². The molecule has 3 amide bonds. The number of nitrogens with two attached hydrogens (primary N) is 1. The second kappa shape index (κ2) is 25.9. The van der Waals surface area contributed by atoms with Crippen LogP contribution in [-0.4, -0.2) is 181 Å². The molecule has 2 aromatic heterocycles. The third kappa shape index (κ3) is 16.1. The van der Waals surface area contributed by atoms with Gasteiger partial charge < -0.3 is 78.1 Å². The Morgan fingerprint density at radius 2 is 1.36 bits per heavy atom. The summed E-state index contributed by atoms with van der Waals surface area (Å²) in [5.74, 6) is -13.0. The number of benzene rings is 1. The van der Waals surface area contributed by atoms with Crippen molar-refractivity contribution in [3.05, 3.63) is 52.1 Å². The van der Waals surface area contributed by atoms with Crippen LogP contribution in [0.4, 0.5) is 11.6 Å². The first-order valence-corrected chi connectivity index (χ1v) is 20.7. The fraction of sp³-hybridized carbons (Fsp3) is 0.525. The highest BCUT2D eigenvalue weighted by atomic mass is 16.4. The predicted octanol–water partition coefficient (Wildman–Crippen LogP) is -5.34. The first-order valence-electron chi connectivity index (χ1n) is 20.7. The number of H-pyrrole nitrogens is 1. The molecule has 27 heteroatoms. The molecule has 3 aromatic rings. The van der Waals surface area contributed by atoms with Crippen LogP contribution in [0.5, 0.6) is 0 Å². The van der Waals surface area contributed by atoms with Crippen molar-refractivity contribution < 1.29 is 84.6 Å². The second-order valence-corrected chi connectivity index (χ2v) is 15.4. The van der Waals surface area contributed by atoms with Crippen molar-refractivity contribution in [3.8, 4) is 0 Å². The summed E-state index contributed by atoms with van der Waals surface area (Å²) in [6.07, 6.45) is -16.1. The summed E-state index contributed by atoms with van der Waals surface area (Å²) in [6, 6.07) is 1.86. The molecule has 0 spiro atoms. The van der Waals surface area contributed by atoms with Gasteiger partial charge in [0.1, 0.15) is 36.2 Å². The number of ketones is 2. The molecule has 0 aliphatic carbocycles. The van der Waals surface area contributed by atoms with Gasteiger partial charge in [0.2, 0.25) is 17.8 Å². The number of aromatic nitrogens is 4. The number of aromatic amines is 1. The molecule has 17 N–H and O–H groups in total. The van der Waals surface area contributed by atoms with E-state index in [-0.39, 0.29) is 35.8 Å². The number of carboxylic acid groups (broad SMARTS) is 2. The Morgan fingerprint density at radius 3 is 1.91 bits per heavy atom. The van der Waals surface area contributed by atoms with Gasteiger partial charge >= 0.3 is 11.9 Å². The zero-order chi connectivity index (χ0) is 50.1. The van der Waals surface area contributed by atoms with Crippen molar-refractivity contribution in [1.82, 2.24) is 35.9 Å². The summed E-state index contributed by atoms with van der Waals surface area (Å²) >= 11 is 0. The molecule has 0 aliphatic heterocycles. The molecule has 1 aromatic carbocycles. The number of carbonyl (C=O) groups is 7. The van der Waals surface area contributed by atoms with Crippen LogP contribution in [0.15, 0.2) is 35.3 Å². The lowest BCUT2D eigenvalue weighted by Gasteiger charge is -2.30. The predicted molar refractivity (Wildman–Crippen MR) is 228 cm³/mol. The summed E-state index contributed by atoms with van der Waals surface area (Å²) in [6.45, 7) is -0.464. The maximum atomic E-state index is 13.7. The van der Waals surface area contributed by atoms with E-state index >= 15 is 0 Å². The van der Waals surface area contributed by atoms with E-state index in [0.717, 1.165) is 0 Å². The topological polar surface area (TPSA) is 467 Å². The third-order valence-corrected chi connectivity index (χ3v) is 10.3. The minimum atomic E-state index is -2.40. The van der Waals surface area contributed by atoms with Gasteiger partial charge in [0.05, 0.1) is 68.2 Å². The summed E-state index contributed by atoms with van der Waals surface area (Å²) < 4.78 is 0. The number of carbonyl (C=O) groups excluding carboxylic acids is 5. The van der Waals surface area contributed by atoms with Crippen LogP contribution in [0.1, 0.15) is 61.5 Å². The quantitative estimate of drug-likeness (QED) is 0.0309. The number of Topliss-reactive ketones (excluding diaryl/α,β-unsaturated/α-hetero) is 2. The molecular formula is C40H55N9O18. The van der Waals surface area contributed by atoms with Crippen LogP contribution in [0.3, 0.4) is 0 Å². The zero-order valence-corrected chi connectivity index (χ0v) is 35.9. The normalized spacial score (nSPS) is 15.9. The molecule has 27 nitrogen and oxygen atoms in total. The molecule has 3 rings (SSSR count). The molecule has 0 saturated carbocycles. The van der Waals surface area contributed by atoms with E-state index < -0.39 is 153 Å². The summed E-state index contributed by atoms with van der Waals surface area (Å²) in [5.41, 5.74) is 5.76. The molecule has 368 valence electrons. The molecule has 2 heterocycles. The number of carboxylic acids is 2. The lowest BCUT2D eigenvalue weighted by atomic mass is 9.86. The van der Waals surface area contributed by atoms with Crippen LogP contribution in [0.2, 0.25) is 0 Å². The Morgan fingerprint density at radius 1 is 0.761 bits per heavy atom. The minimum absolute atomic E-state index is 0.00748. The van der Waals surface area contributed by atoms with Gasteiger partial charge in [-0.05, 0) is 37.1 Å². The van der Waals surface area contributed by atoms with Crippen LogP contribution in [0, 0.1) is 11.8 Å². The van der Waals surface area contributed by atoms with Crippen molar-refractivity contribution in [3.63, 3.8) is 0 Å². The minimum Gasteiger partial charge on any atom is -0.481 e. The molecule has 0 unspecified atom stereocenters. The number of nitrogen functional groups attached to an aromatic ring is 1. The molecule has 0 fully saturated rings. The number of nitrogens with zero attached hydrogens (tertiary/aromatic N) is 3. The van der Waals surface area contributed by atoms with E-state index in [1.807, 2.05) is 5.32 Å². The van der Waals surface area contributed by atoms with Crippen molar-refractivity contribution in [1.29, 1.82) is 0 Å². The highest BCUT2D eigenvalue weighted by Gasteiger charge is 2.41. The average molecular weight is 950 g/mol. The number of aliphatic hydroxyl groups is 8. The number of aliphatic carboxylic acids is 2. The van der Waals surface area contributed by atoms with Crippen LogP contribution in [-0.2, 0) is 35.3 Å². The number of aliphatic hydroxyl groups excluding tert-OH is 8. The summed E-state index contributed by atoms with van der Waals surface area (Å²) in [7, 11) is 0. The molecular weight excluding hydrogens is 894 g/mol. The van der Waals surface area contributed by atoms with Gasteiger partial charge in [-0.3, -0.25) is 38.5 Å². The Bertz CT molecular complexity index is 2260. The molecule has 0 saturated heterocycles. The lowest BCUT2D eigenvalue weighted by molar-refractivity contribution is -0.147. The maximum Gasteiger partial charge on any atom is 0.326 e. The van der Waals surface area contributed by atoms with E-state index in [9.17, 15) is 89.4 Å². The standard InChI is InChI=1S/C40H55N9O18/c1-2-9-42-36(63)22(31(59)33(61)27(55)16-51)11-25(53)24(12-28(56)57)47-37(64)21(30(58)32(60)26(54)15-50)10-20(52)7-8-23(39(66)67)46-35(62)17-3-5-18(6-4-17)43-13-19-14-44-34-29(45-19)38(65)49-40(41)48-34/h3-6,14,21-24,26-27,30-33,43,50-51,54-55,58-61H,2,7-13,15-16H2,1H3,(H,42,63)(H,46,62)(H,47,64)(H,56,57)(H,66,67)(H3,41,44,48,49,65)/t21-,22-,23-,24-,26+,27+,30+,31+,32+,33+/m0/s1. The number of rotatable bonds is 29. The van der Waals surface area contributed by atoms with Gasteiger partial charge in [0.15, 0.2) is 16.9 Å². The van der Waals surface area contributed by atoms with Gasteiger partial charge in [0.25, 0.3) is 11.5 Å². The molecule has 0 radical (unpaired) electrons. The molecule has 0 aliphatic rings. The van der Waals surface area contributed by atoms with Crippen molar-refractivity contribution in [2.75, 3.05) is 30.8 Å². The first-order chi connectivity index (χ1) is 31.6. The number of hydrogen-bond donors (Lipinski definition) is 16. The van der Waals surface area contributed by atoms with Gasteiger partial charge in [-0.1, -0.05) is 6.92 Å². The van der Waals surface area contributed by atoms with Crippen LogP contribution < -0.4 is 32.6 Å².